The van der Waals surface area contributed by atoms with Crippen LogP contribution in [0.25, 0.3) is 0 Å². The zero-order valence-electron chi connectivity index (χ0n) is 9.01. The van der Waals surface area contributed by atoms with E-state index in [1.165, 1.54) is 0 Å². The van der Waals surface area contributed by atoms with Gasteiger partial charge in [0.05, 0.1) is 5.41 Å². The first-order chi connectivity index (χ1) is 5.67. The normalized spacial score (nSPS) is 16.9. The maximum Gasteiger partial charge on any atom is 0.251 e. The fourth-order valence-electron chi connectivity index (χ4n) is 1.41. The SMILES string of the molecule is CC(C)C(C)(C(=O)NO)C(C)(C)N. The molecule has 0 saturated heterocycles. The second-order valence-corrected chi connectivity index (χ2v) is 4.52. The average molecular weight is 188 g/mol. The van der Waals surface area contributed by atoms with Crippen LogP contribution in [0.4, 0.5) is 0 Å². The molecule has 0 aliphatic carbocycles. The molecule has 0 heterocycles. The third-order valence-electron chi connectivity index (χ3n) is 3.07. The molecule has 0 bridgehead atoms. The Balaban J connectivity index is 5.08. The molecule has 0 saturated carbocycles. The summed E-state index contributed by atoms with van der Waals surface area (Å²) in [7, 11) is 0. The van der Waals surface area contributed by atoms with Crippen molar-refractivity contribution in [2.75, 3.05) is 0 Å². The van der Waals surface area contributed by atoms with Gasteiger partial charge in [-0.3, -0.25) is 10.0 Å². The van der Waals surface area contributed by atoms with Crippen LogP contribution in [0, 0.1) is 11.3 Å². The van der Waals surface area contributed by atoms with Gasteiger partial charge in [-0.05, 0) is 26.7 Å². The molecule has 4 nitrogen and oxygen atoms in total. The molecular weight excluding hydrogens is 168 g/mol. The quantitative estimate of drug-likeness (QED) is 0.455. The van der Waals surface area contributed by atoms with Gasteiger partial charge in [0.1, 0.15) is 0 Å². The predicted molar refractivity (Wildman–Crippen MR) is 51.1 cm³/mol. The van der Waals surface area contributed by atoms with Crippen molar-refractivity contribution >= 4 is 5.91 Å². The van der Waals surface area contributed by atoms with E-state index in [1.54, 1.807) is 26.3 Å². The lowest BCUT2D eigenvalue weighted by molar-refractivity contribution is -0.145. The lowest BCUT2D eigenvalue weighted by atomic mass is 9.65. The van der Waals surface area contributed by atoms with Crippen LogP contribution < -0.4 is 11.2 Å². The van der Waals surface area contributed by atoms with Crippen molar-refractivity contribution in [1.82, 2.24) is 5.48 Å². The van der Waals surface area contributed by atoms with Crippen LogP contribution in [0.5, 0.6) is 0 Å². The summed E-state index contributed by atoms with van der Waals surface area (Å²) in [6.45, 7) is 9.13. The Morgan fingerprint density at radius 3 is 1.85 bits per heavy atom. The van der Waals surface area contributed by atoms with E-state index in [0.717, 1.165) is 0 Å². The van der Waals surface area contributed by atoms with Crippen LogP contribution in [-0.4, -0.2) is 16.7 Å². The van der Waals surface area contributed by atoms with Crippen molar-refractivity contribution < 1.29 is 10.0 Å². The Hall–Kier alpha value is -0.610. The molecule has 0 radical (unpaired) electrons. The molecule has 1 amide bonds. The van der Waals surface area contributed by atoms with Crippen molar-refractivity contribution in [1.29, 1.82) is 0 Å². The Kier molecular flexibility index (Phi) is 3.47. The van der Waals surface area contributed by atoms with E-state index in [1.807, 2.05) is 13.8 Å². The highest BCUT2D eigenvalue weighted by molar-refractivity contribution is 5.82. The number of carbonyl (C=O) groups excluding carboxylic acids is 1. The van der Waals surface area contributed by atoms with Gasteiger partial charge in [-0.15, -0.1) is 0 Å². The number of hydrogen-bond acceptors (Lipinski definition) is 3. The molecule has 0 aromatic rings. The van der Waals surface area contributed by atoms with Crippen molar-refractivity contribution in [3.63, 3.8) is 0 Å². The summed E-state index contributed by atoms with van der Waals surface area (Å²) in [5.41, 5.74) is 6.15. The maximum atomic E-state index is 11.5. The Morgan fingerprint density at radius 2 is 1.77 bits per heavy atom. The van der Waals surface area contributed by atoms with Crippen LogP contribution in [0.1, 0.15) is 34.6 Å². The number of rotatable bonds is 3. The topological polar surface area (TPSA) is 75.3 Å². The van der Waals surface area contributed by atoms with Crippen molar-refractivity contribution in [2.45, 2.75) is 40.2 Å². The van der Waals surface area contributed by atoms with Crippen molar-refractivity contribution in [2.24, 2.45) is 17.1 Å². The largest absolute Gasteiger partial charge is 0.325 e. The average Bonchev–Trinajstić information content (AvgIpc) is 1.98. The fourth-order valence-corrected chi connectivity index (χ4v) is 1.41. The first-order valence-electron chi connectivity index (χ1n) is 4.41. The van der Waals surface area contributed by atoms with Gasteiger partial charge in [0.15, 0.2) is 0 Å². The first kappa shape index (κ1) is 12.4. The second kappa shape index (κ2) is 3.64. The molecule has 0 aliphatic rings. The van der Waals surface area contributed by atoms with Crippen molar-refractivity contribution in [3.05, 3.63) is 0 Å². The summed E-state index contributed by atoms with van der Waals surface area (Å²) < 4.78 is 0. The molecule has 78 valence electrons. The Labute approximate surface area is 79.5 Å². The third kappa shape index (κ3) is 2.00. The molecule has 0 spiro atoms. The molecule has 4 N–H and O–H groups in total. The van der Waals surface area contributed by atoms with E-state index < -0.39 is 16.9 Å². The highest BCUT2D eigenvalue weighted by Gasteiger charge is 2.47. The molecule has 0 fully saturated rings. The highest BCUT2D eigenvalue weighted by Crippen LogP contribution is 2.36. The molecule has 0 aromatic heterocycles. The number of nitrogens with two attached hydrogens (primary N) is 1. The van der Waals surface area contributed by atoms with E-state index in [2.05, 4.69) is 0 Å². The molecule has 1 atom stereocenters. The summed E-state index contributed by atoms with van der Waals surface area (Å²) in [5, 5.41) is 8.63. The van der Waals surface area contributed by atoms with Crippen molar-refractivity contribution in [3.8, 4) is 0 Å². The minimum Gasteiger partial charge on any atom is -0.325 e. The highest BCUT2D eigenvalue weighted by atomic mass is 16.5. The van der Waals surface area contributed by atoms with E-state index in [4.69, 9.17) is 10.9 Å². The number of nitrogens with one attached hydrogen (secondary N) is 1. The molecular formula is C9H20N2O2. The van der Waals surface area contributed by atoms with E-state index >= 15 is 0 Å². The number of hydrogen-bond donors (Lipinski definition) is 3. The first-order valence-corrected chi connectivity index (χ1v) is 4.41. The van der Waals surface area contributed by atoms with E-state index in [9.17, 15) is 4.79 Å². The number of hydroxylamine groups is 1. The summed E-state index contributed by atoms with van der Waals surface area (Å²) in [6.07, 6.45) is 0. The molecule has 0 aromatic carbocycles. The van der Waals surface area contributed by atoms with Gasteiger partial charge in [-0.2, -0.15) is 0 Å². The van der Waals surface area contributed by atoms with Gasteiger partial charge in [0, 0.05) is 5.54 Å². The standard InChI is InChI=1S/C9H20N2O2/c1-6(2)9(5,7(12)11-13)8(3,4)10/h6,13H,10H2,1-5H3,(H,11,12). The van der Waals surface area contributed by atoms with Crippen LogP contribution in [0.15, 0.2) is 0 Å². The van der Waals surface area contributed by atoms with E-state index in [-0.39, 0.29) is 5.92 Å². The van der Waals surface area contributed by atoms with Crippen LogP contribution >= 0.6 is 0 Å². The van der Waals surface area contributed by atoms with Crippen LogP contribution in [0.3, 0.4) is 0 Å². The maximum absolute atomic E-state index is 11.5. The minimum absolute atomic E-state index is 0.0552. The Bertz CT molecular complexity index is 196. The lowest BCUT2D eigenvalue weighted by Crippen LogP contribution is -2.59. The van der Waals surface area contributed by atoms with Gasteiger partial charge in [0.2, 0.25) is 0 Å². The van der Waals surface area contributed by atoms with E-state index in [0.29, 0.717) is 0 Å². The molecule has 0 rings (SSSR count). The van der Waals surface area contributed by atoms with Crippen LogP contribution in [-0.2, 0) is 4.79 Å². The summed E-state index contributed by atoms with van der Waals surface area (Å²) in [4.78, 5) is 11.5. The molecule has 1 unspecified atom stereocenters. The number of carbonyl (C=O) groups is 1. The van der Waals surface area contributed by atoms with Gasteiger partial charge < -0.3 is 5.73 Å². The summed E-state index contributed by atoms with van der Waals surface area (Å²) in [5.74, 6) is -0.380. The number of amides is 1. The minimum atomic E-state index is -0.776. The van der Waals surface area contributed by atoms with Gasteiger partial charge >= 0.3 is 0 Å². The Morgan fingerprint density at radius 1 is 1.38 bits per heavy atom. The van der Waals surface area contributed by atoms with Gasteiger partial charge in [0.25, 0.3) is 5.91 Å². The molecule has 13 heavy (non-hydrogen) atoms. The fraction of sp³-hybridized carbons (Fsp3) is 0.889. The second-order valence-electron chi connectivity index (χ2n) is 4.52. The summed E-state index contributed by atoms with van der Waals surface area (Å²) >= 11 is 0. The summed E-state index contributed by atoms with van der Waals surface area (Å²) in [6, 6.07) is 0. The smallest absolute Gasteiger partial charge is 0.251 e. The predicted octanol–water partition coefficient (Wildman–Crippen LogP) is 0.891. The molecule has 0 aliphatic heterocycles. The zero-order valence-corrected chi connectivity index (χ0v) is 9.01. The van der Waals surface area contributed by atoms with Gasteiger partial charge in [-0.1, -0.05) is 13.8 Å². The van der Waals surface area contributed by atoms with Crippen LogP contribution in [0.2, 0.25) is 0 Å². The monoisotopic (exact) mass is 188 g/mol. The lowest BCUT2D eigenvalue weighted by Gasteiger charge is -2.42. The zero-order chi connectivity index (χ0) is 10.9. The third-order valence-corrected chi connectivity index (χ3v) is 3.07. The van der Waals surface area contributed by atoms with Gasteiger partial charge in [-0.25, -0.2) is 5.48 Å². The molecule has 4 heteroatoms.